The molecule has 1 unspecified atom stereocenters. The Morgan fingerprint density at radius 2 is 2.18 bits per heavy atom. The largest absolute Gasteiger partial charge is 0.384 e. The van der Waals surface area contributed by atoms with Crippen LogP contribution in [0.25, 0.3) is 0 Å². The molecular weight excluding hydrogens is 214 g/mol. The van der Waals surface area contributed by atoms with Gasteiger partial charge in [-0.1, -0.05) is 0 Å². The Hall–Kier alpha value is -2.01. The molecule has 17 heavy (non-hydrogen) atoms. The molecule has 5 heteroatoms. The van der Waals surface area contributed by atoms with E-state index in [0.29, 0.717) is 5.82 Å². The van der Waals surface area contributed by atoms with Gasteiger partial charge >= 0.3 is 0 Å². The molecule has 0 radical (unpaired) electrons. The standard InChI is InChI=1S/C12H15N5/c1-14-11(10-3-4-15-8-17-10)6-9-2-5-16-12(13)7-9/h2-5,7-8,11,14H,6H2,1H3,(H2,13,16). The van der Waals surface area contributed by atoms with Gasteiger partial charge in [-0.25, -0.2) is 15.0 Å². The summed E-state index contributed by atoms with van der Waals surface area (Å²) in [6.45, 7) is 0. The summed E-state index contributed by atoms with van der Waals surface area (Å²) in [7, 11) is 1.91. The zero-order chi connectivity index (χ0) is 12.1. The molecule has 3 N–H and O–H groups in total. The first-order valence-electron chi connectivity index (χ1n) is 5.43. The molecule has 5 nitrogen and oxygen atoms in total. The SMILES string of the molecule is CNC(Cc1ccnc(N)c1)c1ccncn1. The molecule has 2 heterocycles. The molecule has 0 fully saturated rings. The van der Waals surface area contributed by atoms with E-state index in [4.69, 9.17) is 5.73 Å². The van der Waals surface area contributed by atoms with Crippen LogP contribution in [0.3, 0.4) is 0 Å². The van der Waals surface area contributed by atoms with E-state index in [1.807, 2.05) is 25.2 Å². The van der Waals surface area contributed by atoms with Crippen molar-refractivity contribution in [1.82, 2.24) is 20.3 Å². The molecule has 0 aliphatic carbocycles. The Morgan fingerprint density at radius 1 is 1.29 bits per heavy atom. The predicted octanol–water partition coefficient (Wildman–Crippen LogP) is 0.957. The van der Waals surface area contributed by atoms with Crippen molar-refractivity contribution < 1.29 is 0 Å². The summed E-state index contributed by atoms with van der Waals surface area (Å²) in [6, 6.07) is 5.90. The summed E-state index contributed by atoms with van der Waals surface area (Å²) < 4.78 is 0. The monoisotopic (exact) mass is 229 g/mol. The number of likely N-dealkylation sites (N-methyl/N-ethyl adjacent to an activating group) is 1. The summed E-state index contributed by atoms with van der Waals surface area (Å²) in [5.74, 6) is 0.542. The summed E-state index contributed by atoms with van der Waals surface area (Å²) in [6.07, 6.45) is 5.84. The topological polar surface area (TPSA) is 76.7 Å². The second-order valence-corrected chi connectivity index (χ2v) is 3.77. The van der Waals surface area contributed by atoms with Crippen molar-refractivity contribution in [3.8, 4) is 0 Å². The first kappa shape index (κ1) is 11.5. The normalized spacial score (nSPS) is 12.3. The van der Waals surface area contributed by atoms with Crippen LogP contribution in [0.1, 0.15) is 17.3 Å². The second kappa shape index (κ2) is 5.36. The first-order chi connectivity index (χ1) is 8.29. The lowest BCUT2D eigenvalue weighted by molar-refractivity contribution is 0.574. The fourth-order valence-corrected chi connectivity index (χ4v) is 1.72. The van der Waals surface area contributed by atoms with Crippen molar-refractivity contribution in [3.63, 3.8) is 0 Å². The van der Waals surface area contributed by atoms with Crippen LogP contribution in [0.2, 0.25) is 0 Å². The molecule has 1 atom stereocenters. The Morgan fingerprint density at radius 3 is 2.82 bits per heavy atom. The number of nitrogens with zero attached hydrogens (tertiary/aromatic N) is 3. The van der Waals surface area contributed by atoms with Crippen LogP contribution in [-0.4, -0.2) is 22.0 Å². The Balaban J connectivity index is 2.16. The average Bonchev–Trinajstić information content (AvgIpc) is 2.37. The number of hydrogen-bond acceptors (Lipinski definition) is 5. The van der Waals surface area contributed by atoms with Crippen molar-refractivity contribution >= 4 is 5.82 Å². The van der Waals surface area contributed by atoms with E-state index in [9.17, 15) is 0 Å². The highest BCUT2D eigenvalue weighted by Gasteiger charge is 2.11. The summed E-state index contributed by atoms with van der Waals surface area (Å²) in [5.41, 5.74) is 7.76. The van der Waals surface area contributed by atoms with Gasteiger partial charge in [0.05, 0.1) is 11.7 Å². The number of pyridine rings is 1. The van der Waals surface area contributed by atoms with Gasteiger partial charge in [-0.3, -0.25) is 0 Å². The van der Waals surface area contributed by atoms with E-state index < -0.39 is 0 Å². The minimum absolute atomic E-state index is 0.153. The van der Waals surface area contributed by atoms with Gasteiger partial charge in [0.15, 0.2) is 0 Å². The third kappa shape index (κ3) is 2.98. The van der Waals surface area contributed by atoms with E-state index >= 15 is 0 Å². The van der Waals surface area contributed by atoms with Crippen LogP contribution < -0.4 is 11.1 Å². The third-order valence-corrected chi connectivity index (χ3v) is 2.60. The van der Waals surface area contributed by atoms with Gasteiger partial charge in [0, 0.05) is 12.4 Å². The number of nitrogens with two attached hydrogens (primary N) is 1. The molecule has 0 aliphatic heterocycles. The minimum Gasteiger partial charge on any atom is -0.384 e. The molecule has 0 aromatic carbocycles. The molecule has 0 saturated carbocycles. The Labute approximate surface area is 100 Å². The van der Waals surface area contributed by atoms with Crippen LogP contribution in [0.5, 0.6) is 0 Å². The summed E-state index contributed by atoms with van der Waals surface area (Å²) >= 11 is 0. The van der Waals surface area contributed by atoms with Crippen molar-refractivity contribution in [2.45, 2.75) is 12.5 Å². The van der Waals surface area contributed by atoms with Gasteiger partial charge in [-0.2, -0.15) is 0 Å². The zero-order valence-electron chi connectivity index (χ0n) is 9.67. The van der Waals surface area contributed by atoms with Crippen LogP contribution in [0, 0.1) is 0 Å². The van der Waals surface area contributed by atoms with Gasteiger partial charge in [0.25, 0.3) is 0 Å². The van der Waals surface area contributed by atoms with E-state index in [0.717, 1.165) is 17.7 Å². The molecule has 0 amide bonds. The van der Waals surface area contributed by atoms with E-state index in [2.05, 4.69) is 20.3 Å². The van der Waals surface area contributed by atoms with Gasteiger partial charge in [-0.05, 0) is 37.2 Å². The smallest absolute Gasteiger partial charge is 0.123 e. The number of hydrogen-bond donors (Lipinski definition) is 2. The number of rotatable bonds is 4. The van der Waals surface area contributed by atoms with Crippen LogP contribution in [0.15, 0.2) is 36.9 Å². The maximum absolute atomic E-state index is 5.66. The van der Waals surface area contributed by atoms with Crippen LogP contribution >= 0.6 is 0 Å². The number of anilines is 1. The minimum atomic E-state index is 0.153. The molecular formula is C12H15N5. The maximum atomic E-state index is 5.66. The molecule has 2 rings (SSSR count). The van der Waals surface area contributed by atoms with Crippen molar-refractivity contribution in [3.05, 3.63) is 48.2 Å². The molecule has 0 saturated heterocycles. The highest BCUT2D eigenvalue weighted by Crippen LogP contribution is 2.16. The lowest BCUT2D eigenvalue weighted by Crippen LogP contribution is -2.20. The van der Waals surface area contributed by atoms with Gasteiger partial charge in [0.2, 0.25) is 0 Å². The molecule has 88 valence electrons. The molecule has 0 spiro atoms. The first-order valence-corrected chi connectivity index (χ1v) is 5.43. The fourth-order valence-electron chi connectivity index (χ4n) is 1.72. The summed E-state index contributed by atoms with van der Waals surface area (Å²) in [5, 5.41) is 3.23. The molecule has 0 aliphatic rings. The third-order valence-electron chi connectivity index (χ3n) is 2.60. The van der Waals surface area contributed by atoms with E-state index in [1.165, 1.54) is 0 Å². The molecule has 2 aromatic rings. The van der Waals surface area contributed by atoms with Crippen molar-refractivity contribution in [2.24, 2.45) is 0 Å². The van der Waals surface area contributed by atoms with Crippen LogP contribution in [0.4, 0.5) is 5.82 Å². The van der Waals surface area contributed by atoms with E-state index in [-0.39, 0.29) is 6.04 Å². The quantitative estimate of drug-likeness (QED) is 0.816. The average molecular weight is 229 g/mol. The van der Waals surface area contributed by atoms with Crippen LogP contribution in [-0.2, 0) is 6.42 Å². The van der Waals surface area contributed by atoms with Gasteiger partial charge in [0.1, 0.15) is 12.1 Å². The zero-order valence-corrected chi connectivity index (χ0v) is 9.67. The van der Waals surface area contributed by atoms with Crippen molar-refractivity contribution in [1.29, 1.82) is 0 Å². The lowest BCUT2D eigenvalue weighted by Gasteiger charge is -2.15. The van der Waals surface area contributed by atoms with Gasteiger partial charge in [-0.15, -0.1) is 0 Å². The highest BCUT2D eigenvalue weighted by molar-refractivity contribution is 5.32. The maximum Gasteiger partial charge on any atom is 0.123 e. The van der Waals surface area contributed by atoms with E-state index in [1.54, 1.807) is 18.7 Å². The van der Waals surface area contributed by atoms with Gasteiger partial charge < -0.3 is 11.1 Å². The second-order valence-electron chi connectivity index (χ2n) is 3.77. The fraction of sp³-hybridized carbons (Fsp3) is 0.250. The summed E-state index contributed by atoms with van der Waals surface area (Å²) in [4.78, 5) is 12.1. The lowest BCUT2D eigenvalue weighted by atomic mass is 10.0. The van der Waals surface area contributed by atoms with Crippen molar-refractivity contribution in [2.75, 3.05) is 12.8 Å². The predicted molar refractivity (Wildman–Crippen MR) is 66.2 cm³/mol. The Bertz CT molecular complexity index is 471. The Kier molecular flexibility index (Phi) is 3.62. The number of nitrogens with one attached hydrogen (secondary N) is 1. The highest BCUT2D eigenvalue weighted by atomic mass is 14.9. The molecule has 0 bridgehead atoms. The number of aromatic nitrogens is 3. The molecule has 2 aromatic heterocycles. The number of nitrogen functional groups attached to an aromatic ring is 1.